The van der Waals surface area contributed by atoms with Crippen molar-refractivity contribution in [2.24, 2.45) is 5.92 Å². The predicted octanol–water partition coefficient (Wildman–Crippen LogP) is 3.90. The Labute approximate surface area is 239 Å². The summed E-state index contributed by atoms with van der Waals surface area (Å²) in [5, 5.41) is 3.09. The van der Waals surface area contributed by atoms with Crippen LogP contribution in [0.15, 0.2) is 48.7 Å². The number of nitrogens with zero attached hydrogens (tertiary/aromatic N) is 4. The van der Waals surface area contributed by atoms with Crippen molar-refractivity contribution in [3.05, 3.63) is 65.5 Å². The number of piperazine rings is 1. The number of piperidine rings is 1. The van der Waals surface area contributed by atoms with E-state index in [9.17, 15) is 14.4 Å². The molecule has 1 spiro atoms. The second-order valence-corrected chi connectivity index (χ2v) is 11.8. The fourth-order valence-electron chi connectivity index (χ4n) is 5.89. The van der Waals surface area contributed by atoms with Gasteiger partial charge in [-0.25, -0.2) is 0 Å². The van der Waals surface area contributed by atoms with Crippen LogP contribution in [0.2, 0.25) is 0 Å². The molecule has 3 amide bonds. The monoisotopic (exact) mass is 547 g/mol. The number of rotatable bonds is 11. The van der Waals surface area contributed by atoms with Gasteiger partial charge in [-0.05, 0) is 61.4 Å². The molecule has 2 fully saturated rings. The summed E-state index contributed by atoms with van der Waals surface area (Å²) in [6.07, 6.45) is 6.33. The van der Waals surface area contributed by atoms with Crippen molar-refractivity contribution in [1.82, 2.24) is 25.0 Å². The highest BCUT2D eigenvalue weighted by atomic mass is 16.2. The second-order valence-electron chi connectivity index (χ2n) is 11.8. The van der Waals surface area contributed by atoms with Crippen molar-refractivity contribution < 1.29 is 14.4 Å². The number of benzene rings is 1. The van der Waals surface area contributed by atoms with E-state index in [-0.39, 0.29) is 17.7 Å². The Morgan fingerprint density at radius 3 is 2.48 bits per heavy atom. The minimum Gasteiger partial charge on any atom is -0.342 e. The van der Waals surface area contributed by atoms with Gasteiger partial charge in [-0.1, -0.05) is 45.4 Å². The average Bonchev–Trinajstić information content (AvgIpc) is 2.96. The minimum absolute atomic E-state index is 0.00156. The molecule has 1 unspecified atom stereocenters. The highest BCUT2D eigenvalue weighted by Crippen LogP contribution is 2.34. The van der Waals surface area contributed by atoms with E-state index >= 15 is 0 Å². The van der Waals surface area contributed by atoms with Crippen molar-refractivity contribution in [1.29, 1.82) is 0 Å². The highest BCUT2D eigenvalue weighted by molar-refractivity contribution is 6.00. The van der Waals surface area contributed by atoms with Crippen LogP contribution >= 0.6 is 0 Å². The Morgan fingerprint density at radius 1 is 1.12 bits per heavy atom. The van der Waals surface area contributed by atoms with Crippen molar-refractivity contribution in [2.45, 2.75) is 77.4 Å². The lowest BCUT2D eigenvalue weighted by Crippen LogP contribution is -2.73. The maximum Gasteiger partial charge on any atom is 0.253 e. The summed E-state index contributed by atoms with van der Waals surface area (Å²) in [5.74, 6) is 0.439. The molecule has 1 N–H and O–H groups in total. The summed E-state index contributed by atoms with van der Waals surface area (Å²) in [6, 6.07) is 13.2. The Bertz CT molecular complexity index is 1140. The zero-order valence-electron chi connectivity index (χ0n) is 24.6. The molecule has 8 heteroatoms. The number of aromatic nitrogens is 1. The summed E-state index contributed by atoms with van der Waals surface area (Å²) in [6.45, 7) is 9.78. The van der Waals surface area contributed by atoms with E-state index in [1.807, 2.05) is 54.4 Å². The Balaban J connectivity index is 1.33. The van der Waals surface area contributed by atoms with Gasteiger partial charge in [-0.15, -0.1) is 0 Å². The SMILES string of the molecule is CCCCN1C(=O)C(CC(C)C)NC(=O)C12CCN(Cc1ccc(C(=O)N(C)CCc3ccccn3)cc1)CC2. The quantitative estimate of drug-likeness (QED) is 0.461. The number of amides is 3. The van der Waals surface area contributed by atoms with Gasteiger partial charge in [-0.2, -0.15) is 0 Å². The van der Waals surface area contributed by atoms with Gasteiger partial charge in [0.05, 0.1) is 0 Å². The molecule has 8 nitrogen and oxygen atoms in total. The van der Waals surface area contributed by atoms with Crippen molar-refractivity contribution in [3.8, 4) is 0 Å². The number of nitrogens with one attached hydrogen (secondary N) is 1. The first kappa shape index (κ1) is 29.7. The average molecular weight is 548 g/mol. The van der Waals surface area contributed by atoms with Gasteiger partial charge in [0.2, 0.25) is 11.8 Å². The molecule has 2 aliphatic heterocycles. The van der Waals surface area contributed by atoms with Crippen LogP contribution in [-0.4, -0.2) is 82.2 Å². The van der Waals surface area contributed by atoms with Gasteiger partial charge in [0.1, 0.15) is 11.6 Å². The number of hydrogen-bond donors (Lipinski definition) is 1. The molecule has 2 saturated heterocycles. The molecule has 40 heavy (non-hydrogen) atoms. The Morgan fingerprint density at radius 2 is 1.85 bits per heavy atom. The third kappa shape index (κ3) is 6.89. The predicted molar refractivity (Wildman–Crippen MR) is 157 cm³/mol. The molecule has 1 aromatic heterocycles. The number of likely N-dealkylation sites (N-methyl/N-ethyl adjacent to an activating group) is 1. The largest absolute Gasteiger partial charge is 0.342 e. The molecule has 0 radical (unpaired) electrons. The van der Waals surface area contributed by atoms with E-state index in [1.165, 1.54) is 0 Å². The number of carbonyl (C=O) groups excluding carboxylic acids is 3. The van der Waals surface area contributed by atoms with E-state index < -0.39 is 11.6 Å². The lowest BCUT2D eigenvalue weighted by molar-refractivity contribution is -0.161. The van der Waals surface area contributed by atoms with Crippen LogP contribution in [0.4, 0.5) is 0 Å². The van der Waals surface area contributed by atoms with Crippen LogP contribution in [-0.2, 0) is 22.6 Å². The normalized spacial score (nSPS) is 19.2. The number of unbranched alkanes of at least 4 members (excludes halogenated alkanes) is 1. The summed E-state index contributed by atoms with van der Waals surface area (Å²) < 4.78 is 0. The highest BCUT2D eigenvalue weighted by Gasteiger charge is 2.53. The summed E-state index contributed by atoms with van der Waals surface area (Å²) in [7, 11) is 1.82. The standard InChI is InChI=1S/C32H45N5O3/c1-5-6-18-37-30(39)28(22-24(2)3)34-31(40)32(37)15-20-36(21-16-32)23-25-10-12-26(13-11-25)29(38)35(4)19-14-27-9-7-8-17-33-27/h7-13,17,24,28H,5-6,14-16,18-23H2,1-4H3,(H,34,40). The topological polar surface area (TPSA) is 85.8 Å². The third-order valence-corrected chi connectivity index (χ3v) is 8.32. The number of carbonyl (C=O) groups is 3. The minimum atomic E-state index is -0.744. The first-order chi connectivity index (χ1) is 19.2. The molecule has 1 atom stereocenters. The van der Waals surface area contributed by atoms with Crippen molar-refractivity contribution >= 4 is 17.7 Å². The van der Waals surface area contributed by atoms with E-state index in [2.05, 4.69) is 36.0 Å². The second kappa shape index (κ2) is 13.4. The van der Waals surface area contributed by atoms with Crippen LogP contribution in [0.25, 0.3) is 0 Å². The van der Waals surface area contributed by atoms with Gasteiger partial charge in [0, 0.05) is 63.6 Å². The number of hydrogen-bond acceptors (Lipinski definition) is 5. The summed E-state index contributed by atoms with van der Waals surface area (Å²) in [5.41, 5.74) is 2.03. The smallest absolute Gasteiger partial charge is 0.253 e. The zero-order valence-corrected chi connectivity index (χ0v) is 24.6. The first-order valence-electron chi connectivity index (χ1n) is 14.8. The molecule has 2 aliphatic rings. The maximum absolute atomic E-state index is 13.5. The van der Waals surface area contributed by atoms with Crippen molar-refractivity contribution in [3.63, 3.8) is 0 Å². The van der Waals surface area contributed by atoms with Gasteiger partial charge in [0.15, 0.2) is 0 Å². The van der Waals surface area contributed by atoms with Crippen LogP contribution < -0.4 is 5.32 Å². The van der Waals surface area contributed by atoms with Crippen LogP contribution in [0.5, 0.6) is 0 Å². The first-order valence-corrected chi connectivity index (χ1v) is 14.8. The molecule has 4 rings (SSSR count). The van der Waals surface area contributed by atoms with Gasteiger partial charge in [-0.3, -0.25) is 24.3 Å². The molecular formula is C32H45N5O3. The fraction of sp³-hybridized carbons (Fsp3) is 0.562. The zero-order chi connectivity index (χ0) is 28.7. The third-order valence-electron chi connectivity index (χ3n) is 8.32. The molecule has 1 aromatic carbocycles. The summed E-state index contributed by atoms with van der Waals surface area (Å²) in [4.78, 5) is 50.2. The number of pyridine rings is 1. The molecule has 0 bridgehead atoms. The Kier molecular flexibility index (Phi) is 9.95. The van der Waals surface area contributed by atoms with Crippen LogP contribution in [0, 0.1) is 5.92 Å². The molecular weight excluding hydrogens is 502 g/mol. The Hall–Kier alpha value is -3.26. The van der Waals surface area contributed by atoms with Crippen LogP contribution in [0.3, 0.4) is 0 Å². The molecule has 3 heterocycles. The lowest BCUT2D eigenvalue weighted by Gasteiger charge is -2.52. The van der Waals surface area contributed by atoms with Gasteiger partial charge < -0.3 is 15.1 Å². The van der Waals surface area contributed by atoms with Crippen molar-refractivity contribution in [2.75, 3.05) is 33.2 Å². The molecule has 216 valence electrons. The van der Waals surface area contributed by atoms with E-state index in [0.29, 0.717) is 43.8 Å². The number of likely N-dealkylation sites (tertiary alicyclic amines) is 1. The van der Waals surface area contributed by atoms with Gasteiger partial charge in [0.25, 0.3) is 5.91 Å². The molecule has 2 aromatic rings. The van der Waals surface area contributed by atoms with E-state index in [4.69, 9.17) is 0 Å². The van der Waals surface area contributed by atoms with E-state index in [0.717, 1.165) is 50.2 Å². The lowest BCUT2D eigenvalue weighted by atomic mass is 9.80. The van der Waals surface area contributed by atoms with Gasteiger partial charge >= 0.3 is 0 Å². The van der Waals surface area contributed by atoms with Crippen LogP contribution in [0.1, 0.15) is 74.5 Å². The molecule has 0 saturated carbocycles. The molecule has 0 aliphatic carbocycles. The summed E-state index contributed by atoms with van der Waals surface area (Å²) >= 11 is 0. The fourth-order valence-corrected chi connectivity index (χ4v) is 5.89. The van der Waals surface area contributed by atoms with E-state index in [1.54, 1.807) is 11.1 Å². The maximum atomic E-state index is 13.5.